The SMILES string of the molecule is CN1CC(F)(F)C[C@H]1c1ccc(CNC(=O)c2cnnc(N3CC[C@]4(C3)OC(=O)Nc3ccc(Cl)c(F)c34)c2)cn1. The van der Waals surface area contributed by atoms with Crippen LogP contribution < -0.4 is 15.5 Å². The first-order valence-corrected chi connectivity index (χ1v) is 13.3. The minimum absolute atomic E-state index is 0.0861. The normalized spacial score (nSPS) is 23.3. The smallest absolute Gasteiger partial charge is 0.412 e. The summed E-state index contributed by atoms with van der Waals surface area (Å²) in [6, 6.07) is 7.43. The van der Waals surface area contributed by atoms with Crippen molar-refractivity contribution in [1.82, 2.24) is 25.4 Å². The zero-order valence-electron chi connectivity index (χ0n) is 21.8. The van der Waals surface area contributed by atoms with E-state index in [1.165, 1.54) is 18.3 Å². The number of aromatic nitrogens is 3. The van der Waals surface area contributed by atoms with E-state index >= 15 is 4.39 Å². The van der Waals surface area contributed by atoms with E-state index in [-0.39, 0.29) is 48.6 Å². The topological polar surface area (TPSA) is 113 Å². The number of likely N-dealkylation sites (tertiary alicyclic amines) is 1. The van der Waals surface area contributed by atoms with Gasteiger partial charge in [-0.3, -0.25) is 20.0 Å². The summed E-state index contributed by atoms with van der Waals surface area (Å²) < 4.78 is 48.2. The number of hydrogen-bond donors (Lipinski definition) is 2. The summed E-state index contributed by atoms with van der Waals surface area (Å²) in [5.74, 6) is -3.46. The summed E-state index contributed by atoms with van der Waals surface area (Å²) in [5, 5.41) is 13.3. The van der Waals surface area contributed by atoms with E-state index < -0.39 is 35.4 Å². The number of halogens is 4. The van der Waals surface area contributed by atoms with Crippen LogP contribution in [0.1, 0.15) is 46.1 Å². The molecule has 0 radical (unpaired) electrons. The molecular formula is C27H25ClF3N7O3. The van der Waals surface area contributed by atoms with Crippen molar-refractivity contribution in [2.75, 3.05) is 36.9 Å². The average Bonchev–Trinajstić information content (AvgIpc) is 3.48. The van der Waals surface area contributed by atoms with Gasteiger partial charge in [0.1, 0.15) is 0 Å². The van der Waals surface area contributed by atoms with Gasteiger partial charge in [-0.15, -0.1) is 5.10 Å². The van der Waals surface area contributed by atoms with Crippen molar-refractivity contribution in [3.05, 3.63) is 75.9 Å². The monoisotopic (exact) mass is 587 g/mol. The number of alkyl halides is 2. The Balaban J connectivity index is 1.13. The molecule has 41 heavy (non-hydrogen) atoms. The Labute approximate surface area is 237 Å². The molecule has 214 valence electrons. The van der Waals surface area contributed by atoms with Gasteiger partial charge in [0, 0.05) is 32.1 Å². The van der Waals surface area contributed by atoms with Crippen LogP contribution in [0, 0.1) is 5.82 Å². The van der Waals surface area contributed by atoms with E-state index in [2.05, 4.69) is 25.8 Å². The van der Waals surface area contributed by atoms with Gasteiger partial charge in [0.15, 0.2) is 17.2 Å². The van der Waals surface area contributed by atoms with Crippen LogP contribution in [-0.2, 0) is 16.9 Å². The van der Waals surface area contributed by atoms with Gasteiger partial charge in [-0.05, 0) is 36.9 Å². The predicted molar refractivity (Wildman–Crippen MR) is 142 cm³/mol. The lowest BCUT2D eigenvalue weighted by Gasteiger charge is -2.35. The molecule has 3 aliphatic rings. The standard InChI is InChI=1S/C27H25ClF3N7O3/c1-37-14-27(30,31)9-20(37)18-4-2-15(10-32-18)11-33-24(39)16-8-21(36-34-12-16)38-7-6-26(13-38)22-19(35-25(40)41-26)5-3-17(28)23(22)29/h2-5,8,10,12,20H,6-7,9,11,13-14H2,1H3,(H,33,39)(H,35,40)/t20-,26+/m0/s1. The molecule has 2 saturated heterocycles. The van der Waals surface area contributed by atoms with Gasteiger partial charge in [0.05, 0.1) is 52.9 Å². The maximum atomic E-state index is 15.1. The summed E-state index contributed by atoms with van der Waals surface area (Å²) in [5.41, 5.74) is 0.671. The highest BCUT2D eigenvalue weighted by molar-refractivity contribution is 6.31. The number of fused-ring (bicyclic) bond motifs is 2. The second kappa shape index (κ2) is 10.1. The van der Waals surface area contributed by atoms with Gasteiger partial charge < -0.3 is 15.0 Å². The maximum Gasteiger partial charge on any atom is 0.412 e. The van der Waals surface area contributed by atoms with Gasteiger partial charge >= 0.3 is 6.09 Å². The van der Waals surface area contributed by atoms with Crippen molar-refractivity contribution in [2.24, 2.45) is 0 Å². The number of amides is 2. The molecule has 14 heteroatoms. The van der Waals surface area contributed by atoms with Crippen LogP contribution in [0.15, 0.2) is 42.7 Å². The molecule has 0 unspecified atom stereocenters. The van der Waals surface area contributed by atoms with Crippen molar-refractivity contribution in [3.63, 3.8) is 0 Å². The largest absolute Gasteiger partial charge is 0.436 e. The second-order valence-corrected chi connectivity index (χ2v) is 10.9. The van der Waals surface area contributed by atoms with Gasteiger partial charge in [-0.1, -0.05) is 17.7 Å². The van der Waals surface area contributed by atoms with Crippen LogP contribution in [0.2, 0.25) is 5.02 Å². The molecule has 3 aromatic rings. The molecule has 5 heterocycles. The first kappa shape index (κ1) is 27.2. The highest BCUT2D eigenvalue weighted by Crippen LogP contribution is 2.46. The van der Waals surface area contributed by atoms with Crippen molar-refractivity contribution in [1.29, 1.82) is 0 Å². The molecule has 6 rings (SSSR count). The lowest BCUT2D eigenvalue weighted by molar-refractivity contribution is 0.0139. The molecule has 3 aliphatic heterocycles. The van der Waals surface area contributed by atoms with Gasteiger partial charge in [0.2, 0.25) is 0 Å². The third-order valence-corrected chi connectivity index (χ3v) is 7.97. The zero-order chi connectivity index (χ0) is 28.9. The number of benzene rings is 1. The van der Waals surface area contributed by atoms with Crippen molar-refractivity contribution in [2.45, 2.75) is 37.0 Å². The average molecular weight is 588 g/mol. The number of carbonyl (C=O) groups is 2. The van der Waals surface area contributed by atoms with E-state index in [0.29, 0.717) is 29.3 Å². The molecule has 2 N–H and O–H groups in total. The van der Waals surface area contributed by atoms with Crippen LogP contribution in [-0.4, -0.2) is 64.7 Å². The molecule has 2 atom stereocenters. The van der Waals surface area contributed by atoms with Crippen LogP contribution in [0.25, 0.3) is 0 Å². The molecule has 2 amide bonds. The maximum absolute atomic E-state index is 15.1. The second-order valence-electron chi connectivity index (χ2n) is 10.5. The third-order valence-electron chi connectivity index (χ3n) is 7.68. The van der Waals surface area contributed by atoms with E-state index in [4.69, 9.17) is 16.3 Å². The molecular weight excluding hydrogens is 563 g/mol. The summed E-state index contributed by atoms with van der Waals surface area (Å²) >= 11 is 6.02. The van der Waals surface area contributed by atoms with E-state index in [1.54, 1.807) is 41.2 Å². The fourth-order valence-electron chi connectivity index (χ4n) is 5.69. The molecule has 2 fully saturated rings. The quantitative estimate of drug-likeness (QED) is 0.455. The van der Waals surface area contributed by atoms with Crippen molar-refractivity contribution < 1.29 is 27.5 Å². The number of anilines is 2. The van der Waals surface area contributed by atoms with Crippen LogP contribution >= 0.6 is 11.6 Å². The first-order chi connectivity index (χ1) is 19.5. The van der Waals surface area contributed by atoms with Crippen molar-refractivity contribution in [3.8, 4) is 0 Å². The fourth-order valence-corrected chi connectivity index (χ4v) is 5.85. The lowest BCUT2D eigenvalue weighted by atomic mass is 9.89. The van der Waals surface area contributed by atoms with E-state index in [0.717, 1.165) is 0 Å². The Kier molecular flexibility index (Phi) is 6.73. The van der Waals surface area contributed by atoms with E-state index in [1.807, 2.05) is 0 Å². The molecule has 1 spiro atoms. The molecule has 1 aromatic carbocycles. The molecule has 2 aromatic heterocycles. The van der Waals surface area contributed by atoms with Crippen LogP contribution in [0.3, 0.4) is 0 Å². The van der Waals surface area contributed by atoms with E-state index in [9.17, 15) is 18.4 Å². The number of nitrogens with zero attached hydrogens (tertiary/aromatic N) is 5. The van der Waals surface area contributed by atoms with Crippen LogP contribution in [0.5, 0.6) is 0 Å². The summed E-state index contributed by atoms with van der Waals surface area (Å²) in [7, 11) is 1.64. The number of ether oxygens (including phenoxy) is 1. The zero-order valence-corrected chi connectivity index (χ0v) is 22.6. The molecule has 10 nitrogen and oxygen atoms in total. The number of nitrogens with one attached hydrogen (secondary N) is 2. The number of hydrogen-bond acceptors (Lipinski definition) is 8. The Hall–Kier alpha value is -3.97. The minimum atomic E-state index is -2.74. The van der Waals surface area contributed by atoms with Crippen molar-refractivity contribution >= 4 is 35.1 Å². The third kappa shape index (κ3) is 5.15. The lowest BCUT2D eigenvalue weighted by Crippen LogP contribution is -2.42. The van der Waals surface area contributed by atoms with Gasteiger partial charge in [-0.2, -0.15) is 5.10 Å². The summed E-state index contributed by atoms with van der Waals surface area (Å²) in [6.07, 6.45) is 2.18. The molecule has 0 bridgehead atoms. The number of rotatable bonds is 5. The predicted octanol–water partition coefficient (Wildman–Crippen LogP) is 4.27. The van der Waals surface area contributed by atoms with Gasteiger partial charge in [0.25, 0.3) is 11.8 Å². The molecule has 0 saturated carbocycles. The Morgan fingerprint density at radius 2 is 2.07 bits per heavy atom. The summed E-state index contributed by atoms with van der Waals surface area (Å²) in [4.78, 5) is 32.9. The van der Waals surface area contributed by atoms with Gasteiger partial charge in [-0.25, -0.2) is 18.0 Å². The Morgan fingerprint density at radius 1 is 1.24 bits per heavy atom. The Bertz CT molecular complexity index is 1530. The van der Waals surface area contributed by atoms with Crippen LogP contribution in [0.4, 0.5) is 29.5 Å². The molecule has 0 aliphatic carbocycles. The summed E-state index contributed by atoms with van der Waals surface area (Å²) in [6.45, 7) is 0.300. The number of carbonyl (C=O) groups excluding carboxylic acids is 2. The highest BCUT2D eigenvalue weighted by Gasteiger charge is 2.50. The first-order valence-electron chi connectivity index (χ1n) is 12.9. The Morgan fingerprint density at radius 3 is 2.80 bits per heavy atom. The fraction of sp³-hybridized carbons (Fsp3) is 0.370. The number of pyridine rings is 1. The highest BCUT2D eigenvalue weighted by atomic mass is 35.5. The minimum Gasteiger partial charge on any atom is -0.436 e.